The molecule has 106 valence electrons. The van der Waals surface area contributed by atoms with E-state index in [1.165, 1.54) is 5.56 Å². The summed E-state index contributed by atoms with van der Waals surface area (Å²) in [7, 11) is 0. The van der Waals surface area contributed by atoms with Gasteiger partial charge >= 0.3 is 0 Å². The van der Waals surface area contributed by atoms with E-state index < -0.39 is 0 Å². The van der Waals surface area contributed by atoms with Crippen LogP contribution in [0, 0.1) is 0 Å². The molecule has 0 bridgehead atoms. The van der Waals surface area contributed by atoms with Crippen molar-refractivity contribution in [1.29, 1.82) is 0 Å². The third-order valence-electron chi connectivity index (χ3n) is 2.82. The number of ether oxygens (including phenoxy) is 1. The highest BCUT2D eigenvalue weighted by Gasteiger charge is 2.03. The zero-order chi connectivity index (χ0) is 14.4. The van der Waals surface area contributed by atoms with Gasteiger partial charge in [-0.05, 0) is 54.9 Å². The summed E-state index contributed by atoms with van der Waals surface area (Å²) in [5.74, 6) is 1.58. The maximum Gasteiger partial charge on any atom is 0.128 e. The van der Waals surface area contributed by atoms with Crippen molar-refractivity contribution in [2.24, 2.45) is 0 Å². The SMILES string of the molecule is CCCNCc1ccc(Oc2ccc(Cl)cc2)cc1Br. The van der Waals surface area contributed by atoms with Gasteiger partial charge in [0.25, 0.3) is 0 Å². The molecule has 2 aromatic carbocycles. The van der Waals surface area contributed by atoms with Crippen LogP contribution in [0.15, 0.2) is 46.9 Å². The van der Waals surface area contributed by atoms with Gasteiger partial charge in [-0.3, -0.25) is 0 Å². The van der Waals surface area contributed by atoms with Crippen LogP contribution in [-0.2, 0) is 6.54 Å². The van der Waals surface area contributed by atoms with Crippen LogP contribution in [0.25, 0.3) is 0 Å². The van der Waals surface area contributed by atoms with E-state index in [0.29, 0.717) is 5.02 Å². The Morgan fingerprint density at radius 2 is 1.80 bits per heavy atom. The van der Waals surface area contributed by atoms with E-state index in [2.05, 4.69) is 34.2 Å². The zero-order valence-corrected chi connectivity index (χ0v) is 13.7. The summed E-state index contributed by atoms with van der Waals surface area (Å²) >= 11 is 9.43. The van der Waals surface area contributed by atoms with E-state index in [4.69, 9.17) is 16.3 Å². The molecule has 2 rings (SSSR count). The van der Waals surface area contributed by atoms with Gasteiger partial charge in [-0.15, -0.1) is 0 Å². The Morgan fingerprint density at radius 3 is 2.45 bits per heavy atom. The van der Waals surface area contributed by atoms with Crippen molar-refractivity contribution in [2.75, 3.05) is 6.54 Å². The van der Waals surface area contributed by atoms with Crippen molar-refractivity contribution < 1.29 is 4.74 Å². The summed E-state index contributed by atoms with van der Waals surface area (Å²) in [4.78, 5) is 0. The highest BCUT2D eigenvalue weighted by atomic mass is 79.9. The van der Waals surface area contributed by atoms with E-state index >= 15 is 0 Å². The van der Waals surface area contributed by atoms with Crippen LogP contribution in [0.4, 0.5) is 0 Å². The van der Waals surface area contributed by atoms with Crippen molar-refractivity contribution in [2.45, 2.75) is 19.9 Å². The monoisotopic (exact) mass is 353 g/mol. The molecule has 2 aromatic rings. The number of benzene rings is 2. The van der Waals surface area contributed by atoms with E-state index in [9.17, 15) is 0 Å². The van der Waals surface area contributed by atoms with Crippen molar-refractivity contribution >= 4 is 27.5 Å². The molecule has 0 aromatic heterocycles. The molecule has 0 spiro atoms. The smallest absolute Gasteiger partial charge is 0.128 e. The molecule has 4 heteroatoms. The molecule has 0 fully saturated rings. The molecule has 0 aliphatic rings. The molecule has 1 N–H and O–H groups in total. The van der Waals surface area contributed by atoms with E-state index in [-0.39, 0.29) is 0 Å². The van der Waals surface area contributed by atoms with Crippen LogP contribution >= 0.6 is 27.5 Å². The lowest BCUT2D eigenvalue weighted by Gasteiger charge is -2.10. The Bertz CT molecular complexity index is 557. The minimum Gasteiger partial charge on any atom is -0.457 e. The van der Waals surface area contributed by atoms with E-state index in [0.717, 1.165) is 35.5 Å². The molecule has 0 amide bonds. The molecule has 0 radical (unpaired) electrons. The standard InChI is InChI=1S/C16H17BrClNO/c1-2-9-19-11-12-3-6-15(10-16(12)17)20-14-7-4-13(18)5-8-14/h3-8,10,19H,2,9,11H2,1H3. The summed E-state index contributed by atoms with van der Waals surface area (Å²) in [6.07, 6.45) is 1.13. The van der Waals surface area contributed by atoms with Gasteiger partial charge in [0.1, 0.15) is 11.5 Å². The van der Waals surface area contributed by atoms with Gasteiger partial charge in [-0.1, -0.05) is 40.5 Å². The van der Waals surface area contributed by atoms with Crippen molar-refractivity contribution in [3.8, 4) is 11.5 Å². The summed E-state index contributed by atoms with van der Waals surface area (Å²) in [5, 5.41) is 4.09. The van der Waals surface area contributed by atoms with E-state index in [1.807, 2.05) is 36.4 Å². The fourth-order valence-electron chi connectivity index (χ4n) is 1.77. The molecule has 0 saturated carbocycles. The first kappa shape index (κ1) is 15.4. The molecular weight excluding hydrogens is 338 g/mol. The molecule has 0 heterocycles. The third-order valence-corrected chi connectivity index (χ3v) is 3.81. The minimum atomic E-state index is 0.705. The first-order valence-electron chi connectivity index (χ1n) is 6.61. The first-order chi connectivity index (χ1) is 9.69. The topological polar surface area (TPSA) is 21.3 Å². The predicted octanol–water partition coefficient (Wildman–Crippen LogP) is 5.39. The maximum atomic E-state index is 5.85. The number of rotatable bonds is 6. The molecular formula is C16H17BrClNO. The summed E-state index contributed by atoms with van der Waals surface area (Å²) in [5.41, 5.74) is 1.22. The fraction of sp³-hybridized carbons (Fsp3) is 0.250. The third kappa shape index (κ3) is 4.51. The van der Waals surface area contributed by atoms with E-state index in [1.54, 1.807) is 0 Å². The van der Waals surface area contributed by atoms with Crippen LogP contribution in [0.2, 0.25) is 5.02 Å². The quantitative estimate of drug-likeness (QED) is 0.702. The molecule has 0 atom stereocenters. The molecule has 0 aliphatic heterocycles. The Balaban J connectivity index is 2.03. The predicted molar refractivity (Wildman–Crippen MR) is 87.7 cm³/mol. The maximum absolute atomic E-state index is 5.85. The van der Waals surface area contributed by atoms with Gasteiger partial charge in [0.05, 0.1) is 0 Å². The van der Waals surface area contributed by atoms with Crippen molar-refractivity contribution in [3.05, 3.63) is 57.5 Å². The van der Waals surface area contributed by atoms with Gasteiger partial charge in [0.2, 0.25) is 0 Å². The van der Waals surface area contributed by atoms with Crippen molar-refractivity contribution in [1.82, 2.24) is 5.32 Å². The van der Waals surface area contributed by atoms with Gasteiger partial charge < -0.3 is 10.1 Å². The number of hydrogen-bond acceptors (Lipinski definition) is 2. The highest BCUT2D eigenvalue weighted by molar-refractivity contribution is 9.10. The largest absolute Gasteiger partial charge is 0.457 e. The first-order valence-corrected chi connectivity index (χ1v) is 7.78. The second-order valence-corrected chi connectivity index (χ2v) is 5.78. The van der Waals surface area contributed by atoms with Crippen molar-refractivity contribution in [3.63, 3.8) is 0 Å². The molecule has 2 nitrogen and oxygen atoms in total. The van der Waals surface area contributed by atoms with Gasteiger partial charge in [-0.2, -0.15) is 0 Å². The molecule has 0 saturated heterocycles. The lowest BCUT2D eigenvalue weighted by molar-refractivity contribution is 0.482. The lowest BCUT2D eigenvalue weighted by atomic mass is 10.2. The Kier molecular flexibility index (Phi) is 5.89. The van der Waals surface area contributed by atoms with Crippen LogP contribution in [-0.4, -0.2) is 6.54 Å². The second kappa shape index (κ2) is 7.67. The summed E-state index contributed by atoms with van der Waals surface area (Å²) in [6, 6.07) is 13.4. The molecule has 0 aliphatic carbocycles. The zero-order valence-electron chi connectivity index (χ0n) is 11.3. The molecule has 0 unspecified atom stereocenters. The van der Waals surface area contributed by atoms with Gasteiger partial charge in [0, 0.05) is 16.0 Å². The minimum absolute atomic E-state index is 0.705. The average Bonchev–Trinajstić information content (AvgIpc) is 2.44. The number of hydrogen-bond donors (Lipinski definition) is 1. The Hall–Kier alpha value is -1.03. The Morgan fingerprint density at radius 1 is 1.10 bits per heavy atom. The number of nitrogens with one attached hydrogen (secondary N) is 1. The highest BCUT2D eigenvalue weighted by Crippen LogP contribution is 2.27. The van der Waals surface area contributed by atoms with Crippen LogP contribution in [0.5, 0.6) is 11.5 Å². The number of halogens is 2. The Labute approximate surface area is 133 Å². The fourth-order valence-corrected chi connectivity index (χ4v) is 2.40. The van der Waals surface area contributed by atoms with Crippen LogP contribution < -0.4 is 10.1 Å². The average molecular weight is 355 g/mol. The van der Waals surface area contributed by atoms with Gasteiger partial charge in [0.15, 0.2) is 0 Å². The summed E-state index contributed by atoms with van der Waals surface area (Å²) < 4.78 is 6.83. The normalized spacial score (nSPS) is 10.6. The lowest BCUT2D eigenvalue weighted by Crippen LogP contribution is -2.14. The van der Waals surface area contributed by atoms with Gasteiger partial charge in [-0.25, -0.2) is 0 Å². The summed E-state index contributed by atoms with van der Waals surface area (Å²) in [6.45, 7) is 4.04. The van der Waals surface area contributed by atoms with Crippen LogP contribution in [0.3, 0.4) is 0 Å². The molecule has 20 heavy (non-hydrogen) atoms. The second-order valence-electron chi connectivity index (χ2n) is 4.49. The van der Waals surface area contributed by atoms with Crippen LogP contribution in [0.1, 0.15) is 18.9 Å².